The number of aliphatic hydroxyl groups is 15. The molecule has 4 saturated carbocycles. The van der Waals surface area contributed by atoms with E-state index in [1.54, 1.807) is 24.3 Å². The highest BCUT2D eigenvalue weighted by molar-refractivity contribution is 5.87. The first-order chi connectivity index (χ1) is 47.1. The van der Waals surface area contributed by atoms with Crippen LogP contribution in [0.25, 0.3) is 6.08 Å². The maximum atomic E-state index is 15.9. The lowest BCUT2D eigenvalue weighted by Gasteiger charge is -2.71. The molecule has 9 fully saturated rings. The largest absolute Gasteiger partial charge is 0.497 e. The molecule has 31 nitrogen and oxygen atoms in total. The van der Waals surface area contributed by atoms with Crippen molar-refractivity contribution >= 4 is 24.0 Å². The number of hydrogen-bond donors (Lipinski definition) is 16. The van der Waals surface area contributed by atoms with Crippen molar-refractivity contribution in [2.75, 3.05) is 33.5 Å². The molecule has 0 spiro atoms. The van der Waals surface area contributed by atoms with Gasteiger partial charge in [-0.1, -0.05) is 51.5 Å². The highest BCUT2D eigenvalue weighted by Gasteiger charge is 2.74. The summed E-state index contributed by atoms with van der Waals surface area (Å²) in [6.07, 6.45) is -36.7. The smallest absolute Gasteiger partial charge is 0.331 e. The number of aliphatic hydroxyl groups excluding tert-OH is 15. The van der Waals surface area contributed by atoms with Gasteiger partial charge in [0.05, 0.1) is 68.8 Å². The molecule has 0 amide bonds. The first-order valence-corrected chi connectivity index (χ1v) is 34.6. The van der Waals surface area contributed by atoms with E-state index in [4.69, 9.17) is 56.8 Å². The summed E-state index contributed by atoms with van der Waals surface area (Å²) in [4.78, 5) is 43.3. The number of benzene rings is 1. The number of aliphatic carboxylic acids is 1. The number of hydrogen-bond acceptors (Lipinski definition) is 30. The minimum Gasteiger partial charge on any atom is -0.497 e. The number of carbonyl (C=O) groups is 3. The van der Waals surface area contributed by atoms with Crippen LogP contribution in [-0.2, 0) is 66.5 Å². The Balaban J connectivity index is 0.854. The highest BCUT2D eigenvalue weighted by atomic mass is 16.8. The van der Waals surface area contributed by atoms with Crippen molar-refractivity contribution in [2.24, 2.45) is 50.2 Å². The average molecular weight is 1430 g/mol. The van der Waals surface area contributed by atoms with Gasteiger partial charge in [0.15, 0.2) is 37.4 Å². The van der Waals surface area contributed by atoms with E-state index < -0.39 is 242 Å². The maximum absolute atomic E-state index is 15.9. The summed E-state index contributed by atoms with van der Waals surface area (Å²) < 4.78 is 71.3. The topological polar surface area (TPSA) is 486 Å². The van der Waals surface area contributed by atoms with Crippen LogP contribution in [0, 0.1) is 50.2 Å². The zero-order valence-electron chi connectivity index (χ0n) is 57.3. The van der Waals surface area contributed by atoms with E-state index >= 15 is 4.79 Å². The number of carboxylic acid groups (broad SMARTS) is 1. The van der Waals surface area contributed by atoms with Gasteiger partial charge in [-0.25, -0.2) is 4.79 Å². The quantitative estimate of drug-likeness (QED) is 0.0320. The number of carbonyl (C=O) groups excluding carboxylic acids is 2. The summed E-state index contributed by atoms with van der Waals surface area (Å²) in [7, 11) is 1.50. The second kappa shape index (κ2) is 29.4. The minimum atomic E-state index is -2.07. The SMILES string of the molecule is COc1ccc(/C=C/C(=O)O[C@@H]2[C@H](O)[C@@H](O[C@@H]3O[C@@H](C)[C@H](O[C@@H]4OC[C@@H](O[C@@H]5O[C@H](CO)[C@H](O)[C@H](O)[C@H]5O)[C@H](O)[C@H]4O)[C@@H](O)[C@H]3O)[C@H](OC(=O)[C@]34CCC(C)(C)C[C@@H]3C3=CC[C@@H]5[C@@]6(C)C[C@H](O[C@@H]7O[C@H](CO)[C@@H](O)[C@H](O)[C@H]7O)[C@H](O)[C@@](C)(C(=O)O)[C@@H]6CC[C@@]5(C)[C@]3(CO)CC4)O[C@@H]2C)cc1. The lowest BCUT2D eigenvalue weighted by Crippen LogP contribution is -2.70. The third-order valence-corrected chi connectivity index (χ3v) is 24.9. The van der Waals surface area contributed by atoms with Crippen LogP contribution < -0.4 is 4.74 Å². The van der Waals surface area contributed by atoms with Gasteiger partial charge in [0.25, 0.3) is 0 Å². The molecule has 5 heterocycles. The van der Waals surface area contributed by atoms with Gasteiger partial charge in [0, 0.05) is 11.5 Å². The predicted octanol–water partition coefficient (Wildman–Crippen LogP) is -2.24. The van der Waals surface area contributed by atoms with E-state index in [0.717, 1.165) is 11.6 Å². The Morgan fingerprint density at radius 3 is 1.73 bits per heavy atom. The van der Waals surface area contributed by atoms with Gasteiger partial charge in [0.1, 0.15) is 97.3 Å². The van der Waals surface area contributed by atoms with Gasteiger partial charge >= 0.3 is 17.9 Å². The molecule has 16 N–H and O–H groups in total. The molecule has 564 valence electrons. The zero-order chi connectivity index (χ0) is 72.8. The summed E-state index contributed by atoms with van der Waals surface area (Å²) in [5.41, 5.74) is -4.98. The van der Waals surface area contributed by atoms with Crippen LogP contribution in [0.5, 0.6) is 5.75 Å². The Morgan fingerprint density at radius 2 is 1.13 bits per heavy atom. The van der Waals surface area contributed by atoms with E-state index in [0.29, 0.717) is 37.0 Å². The lowest BCUT2D eigenvalue weighted by atomic mass is 9.33. The van der Waals surface area contributed by atoms with Crippen LogP contribution in [0.2, 0.25) is 0 Å². The molecule has 1 aromatic rings. The van der Waals surface area contributed by atoms with Crippen LogP contribution in [0.3, 0.4) is 0 Å². The third kappa shape index (κ3) is 13.3. The molecular weight excluding hydrogens is 1320 g/mol. The average Bonchev–Trinajstić information content (AvgIpc) is 0.670. The molecule has 0 bridgehead atoms. The maximum Gasteiger partial charge on any atom is 0.331 e. The van der Waals surface area contributed by atoms with Crippen molar-refractivity contribution in [3.8, 4) is 5.75 Å². The Labute approximate surface area is 578 Å². The Bertz CT molecular complexity index is 3100. The molecule has 0 unspecified atom stereocenters. The molecular formula is C69H102O31. The summed E-state index contributed by atoms with van der Waals surface area (Å²) in [6, 6.07) is 6.74. The number of allylic oxidation sites excluding steroid dienone is 1. The second-order valence-electron chi connectivity index (χ2n) is 30.9. The number of ether oxygens (including phenoxy) is 12. The van der Waals surface area contributed by atoms with Crippen molar-refractivity contribution in [3.63, 3.8) is 0 Å². The Morgan fingerprint density at radius 1 is 0.570 bits per heavy atom. The van der Waals surface area contributed by atoms with Crippen molar-refractivity contribution in [1.82, 2.24) is 0 Å². The Kier molecular flexibility index (Phi) is 22.6. The molecule has 100 heavy (non-hydrogen) atoms. The normalized spacial score (nSPS) is 49.4. The fourth-order valence-electron chi connectivity index (χ4n) is 18.9. The molecule has 5 aliphatic carbocycles. The predicted molar refractivity (Wildman–Crippen MR) is 337 cm³/mol. The number of methoxy groups -OCH3 is 1. The van der Waals surface area contributed by atoms with Crippen molar-refractivity contribution < 1.29 is 153 Å². The van der Waals surface area contributed by atoms with Gasteiger partial charge in [-0.15, -0.1) is 0 Å². The molecule has 0 aromatic heterocycles. The van der Waals surface area contributed by atoms with E-state index in [1.807, 2.05) is 6.92 Å². The highest BCUT2D eigenvalue weighted by Crippen LogP contribution is 2.76. The van der Waals surface area contributed by atoms with E-state index in [9.17, 15) is 91.3 Å². The minimum absolute atomic E-state index is 0.0293. The van der Waals surface area contributed by atoms with Crippen molar-refractivity contribution in [2.45, 2.75) is 266 Å². The van der Waals surface area contributed by atoms with Crippen LogP contribution in [0.15, 0.2) is 42.0 Å². The lowest BCUT2D eigenvalue weighted by molar-refractivity contribution is -0.378. The van der Waals surface area contributed by atoms with Gasteiger partial charge < -0.3 is 139 Å². The van der Waals surface area contributed by atoms with Crippen LogP contribution in [-0.4, -0.2) is 293 Å². The summed E-state index contributed by atoms with van der Waals surface area (Å²) in [6.45, 7) is 10.1. The van der Waals surface area contributed by atoms with Gasteiger partial charge in [-0.3, -0.25) is 9.59 Å². The summed E-state index contributed by atoms with van der Waals surface area (Å²) in [5.74, 6) is -4.09. The number of rotatable bonds is 18. The van der Waals surface area contributed by atoms with Crippen molar-refractivity contribution in [1.29, 1.82) is 0 Å². The molecule has 31 heteroatoms. The molecule has 10 aliphatic rings. The molecule has 34 atom stereocenters. The van der Waals surface area contributed by atoms with Crippen LogP contribution in [0.1, 0.15) is 112 Å². The third-order valence-electron chi connectivity index (χ3n) is 24.9. The fourth-order valence-corrected chi connectivity index (χ4v) is 18.9. The van der Waals surface area contributed by atoms with Gasteiger partial charge in [-0.2, -0.15) is 0 Å². The molecule has 11 rings (SSSR count). The van der Waals surface area contributed by atoms with Gasteiger partial charge in [-0.05, 0) is 136 Å². The number of esters is 2. The molecule has 0 radical (unpaired) electrons. The molecule has 1 aromatic carbocycles. The van der Waals surface area contributed by atoms with Gasteiger partial charge in [0.2, 0.25) is 6.29 Å². The monoisotopic (exact) mass is 1430 g/mol. The molecule has 5 aliphatic heterocycles. The Hall–Kier alpha value is -4.05. The fraction of sp³-hybridized carbons (Fsp3) is 0.812. The standard InChI is InChI=1S/C69H102O31/c1-29-53(98-57-48(80)44(76)38(27-90-57)96-60-50(82)46(78)43(75)37(26-71)95-60)47(79)51(83)58(91-29)99-55-52(84)54(97-41(73)16-11-31-9-12-32(89-8)13-10-31)30(2)92-61(55)100-63(88)68-20-19-64(3,4)23-34(68)33-14-15-39-65(5)24-35(93-59-49(81)45(77)42(74)36(25-70)94-59)56(85)67(7,62(86)87)40(65)17-18-66(39,6)69(33,28-72)22-21-68/h9-14,16,29-30,34-40,42-61,70-72,74-85H,15,17-28H2,1-8H3,(H,86,87)/b16-11+/t29-,30+,34+,35-,36+,37+,38+,39+,40+,42+,43-,44-,45-,46-,47-,48+,49+,50+,51+,52-,53-,54-,55+,56-,57-,58-,59+,60-,61-,65+,66+,67-,68-,69-/m0/s1. The van der Waals surface area contributed by atoms with Crippen LogP contribution in [0.4, 0.5) is 0 Å². The first kappa shape index (κ1) is 77.1. The molecule has 5 saturated heterocycles. The summed E-state index contributed by atoms with van der Waals surface area (Å²) in [5, 5.41) is 177. The van der Waals surface area contributed by atoms with E-state index in [-0.39, 0.29) is 44.1 Å². The van der Waals surface area contributed by atoms with E-state index in [2.05, 4.69) is 26.8 Å². The first-order valence-electron chi connectivity index (χ1n) is 34.6. The second-order valence-corrected chi connectivity index (χ2v) is 30.9. The van der Waals surface area contributed by atoms with E-state index in [1.165, 1.54) is 34.0 Å². The summed E-state index contributed by atoms with van der Waals surface area (Å²) >= 11 is 0. The number of fused-ring (bicyclic) bond motifs is 7. The number of carboxylic acids is 1. The van der Waals surface area contributed by atoms with Crippen LogP contribution >= 0.6 is 0 Å². The zero-order valence-corrected chi connectivity index (χ0v) is 57.3. The van der Waals surface area contributed by atoms with Crippen molar-refractivity contribution in [3.05, 3.63) is 47.6 Å².